The smallest absolute Gasteiger partial charge is 0.322 e. The summed E-state index contributed by atoms with van der Waals surface area (Å²) in [5, 5.41) is 0.0986. The predicted octanol–water partition coefficient (Wildman–Crippen LogP) is 1.43. The molecule has 0 amide bonds. The number of nitrogens with zero attached hydrogens (tertiary/aromatic N) is 6. The zero-order chi connectivity index (χ0) is 14.4. The summed E-state index contributed by atoms with van der Waals surface area (Å²) in [5.41, 5.74) is 0. The molecule has 20 heavy (non-hydrogen) atoms. The zero-order valence-corrected chi connectivity index (χ0v) is 12.3. The molecule has 0 fully saturated rings. The average molecular weight is 297 g/mol. The largest absolute Gasteiger partial charge is 0.462 e. The predicted molar refractivity (Wildman–Crippen MR) is 75.2 cm³/mol. The van der Waals surface area contributed by atoms with Crippen molar-refractivity contribution in [2.24, 2.45) is 0 Å². The Morgan fingerprint density at radius 3 is 2.70 bits per heavy atom. The normalized spacial score (nSPS) is 11.0. The summed E-state index contributed by atoms with van der Waals surface area (Å²) >= 11 is 5.88. The first-order valence-corrected chi connectivity index (χ1v) is 6.85. The van der Waals surface area contributed by atoms with Crippen LogP contribution in [0.4, 0.5) is 0 Å². The van der Waals surface area contributed by atoms with Crippen LogP contribution in [0.3, 0.4) is 0 Å². The topological polar surface area (TPSA) is 69.0 Å². The molecule has 0 aliphatic carbocycles. The summed E-state index contributed by atoms with van der Waals surface area (Å²) in [6.45, 7) is 7.51. The van der Waals surface area contributed by atoms with Crippen LogP contribution in [0.1, 0.15) is 13.8 Å². The number of hydrogen-bond donors (Lipinski definition) is 0. The van der Waals surface area contributed by atoms with Gasteiger partial charge < -0.3 is 9.64 Å². The number of imidazole rings is 1. The van der Waals surface area contributed by atoms with Crippen LogP contribution in [-0.4, -0.2) is 55.6 Å². The van der Waals surface area contributed by atoms with Crippen molar-refractivity contribution < 1.29 is 4.74 Å². The Labute approximate surface area is 122 Å². The summed E-state index contributed by atoms with van der Waals surface area (Å²) in [5.74, 6) is 0.389. The number of likely N-dealkylation sites (N-methyl/N-ethyl adjacent to an activating group) is 1. The van der Waals surface area contributed by atoms with E-state index < -0.39 is 0 Å². The van der Waals surface area contributed by atoms with Crippen molar-refractivity contribution in [3.05, 3.63) is 24.0 Å². The Morgan fingerprint density at radius 2 is 2.05 bits per heavy atom. The van der Waals surface area contributed by atoms with Crippen LogP contribution < -0.4 is 4.74 Å². The molecule has 2 aromatic heterocycles. The Hall–Kier alpha value is -1.73. The molecule has 2 aromatic rings. The number of rotatable bonds is 7. The minimum absolute atomic E-state index is 0.0986. The van der Waals surface area contributed by atoms with E-state index in [1.165, 1.54) is 0 Å². The molecule has 0 aliphatic heterocycles. The van der Waals surface area contributed by atoms with Crippen LogP contribution in [0.5, 0.6) is 6.01 Å². The Kier molecular flexibility index (Phi) is 5.25. The van der Waals surface area contributed by atoms with Gasteiger partial charge in [-0.25, -0.2) is 4.98 Å². The van der Waals surface area contributed by atoms with Crippen LogP contribution in [-0.2, 0) is 0 Å². The third-order valence-electron chi connectivity index (χ3n) is 2.84. The highest BCUT2D eigenvalue weighted by molar-refractivity contribution is 6.28. The zero-order valence-electron chi connectivity index (χ0n) is 11.5. The lowest BCUT2D eigenvalue weighted by Gasteiger charge is -2.17. The van der Waals surface area contributed by atoms with Crippen molar-refractivity contribution in [3.8, 4) is 12.0 Å². The van der Waals surface area contributed by atoms with Crippen molar-refractivity contribution in [2.45, 2.75) is 13.8 Å². The second kappa shape index (κ2) is 7.16. The molecule has 0 unspecified atom stereocenters. The third-order valence-corrected chi connectivity index (χ3v) is 3.01. The second-order valence-electron chi connectivity index (χ2n) is 4.03. The molecule has 0 radical (unpaired) electrons. The van der Waals surface area contributed by atoms with E-state index in [4.69, 9.17) is 16.3 Å². The fourth-order valence-electron chi connectivity index (χ4n) is 1.69. The number of ether oxygens (including phenoxy) is 1. The lowest BCUT2D eigenvalue weighted by Crippen LogP contribution is -2.28. The highest BCUT2D eigenvalue weighted by atomic mass is 35.5. The molecule has 8 heteroatoms. The summed E-state index contributed by atoms with van der Waals surface area (Å²) < 4.78 is 7.18. The minimum atomic E-state index is 0.0986. The Morgan fingerprint density at radius 1 is 1.25 bits per heavy atom. The molecule has 108 valence electrons. The van der Waals surface area contributed by atoms with E-state index >= 15 is 0 Å². The summed E-state index contributed by atoms with van der Waals surface area (Å²) in [6, 6.07) is 0.223. The second-order valence-corrected chi connectivity index (χ2v) is 4.37. The van der Waals surface area contributed by atoms with E-state index in [1.807, 2.05) is 0 Å². The van der Waals surface area contributed by atoms with E-state index in [1.54, 1.807) is 23.3 Å². The lowest BCUT2D eigenvalue weighted by molar-refractivity contribution is 0.212. The molecular formula is C12H17ClN6O. The first-order valence-electron chi connectivity index (χ1n) is 6.48. The molecule has 0 N–H and O–H groups in total. The molecule has 2 rings (SSSR count). The van der Waals surface area contributed by atoms with Gasteiger partial charge in [-0.15, -0.1) is 0 Å². The van der Waals surface area contributed by atoms with Gasteiger partial charge in [-0.1, -0.05) is 13.8 Å². The fourth-order valence-corrected chi connectivity index (χ4v) is 1.83. The molecule has 0 aromatic carbocycles. The van der Waals surface area contributed by atoms with Gasteiger partial charge in [-0.05, 0) is 24.7 Å². The van der Waals surface area contributed by atoms with Crippen molar-refractivity contribution >= 4 is 11.6 Å². The molecule has 0 bridgehead atoms. The van der Waals surface area contributed by atoms with Gasteiger partial charge in [0.05, 0.1) is 0 Å². The SMILES string of the molecule is CCN(CC)CCOc1nc(Cl)nc(-n2ccnc2)n1. The van der Waals surface area contributed by atoms with Crippen LogP contribution in [0.15, 0.2) is 18.7 Å². The Balaban J connectivity index is 2.02. The minimum Gasteiger partial charge on any atom is -0.462 e. The van der Waals surface area contributed by atoms with E-state index in [-0.39, 0.29) is 11.3 Å². The van der Waals surface area contributed by atoms with Crippen LogP contribution >= 0.6 is 11.6 Å². The van der Waals surface area contributed by atoms with Gasteiger partial charge in [-0.2, -0.15) is 15.0 Å². The van der Waals surface area contributed by atoms with Gasteiger partial charge in [-0.3, -0.25) is 4.57 Å². The maximum absolute atomic E-state index is 5.88. The lowest BCUT2D eigenvalue weighted by atomic mass is 10.5. The van der Waals surface area contributed by atoms with Crippen molar-refractivity contribution in [1.82, 2.24) is 29.4 Å². The summed E-state index contributed by atoms with van der Waals surface area (Å²) in [6.07, 6.45) is 4.95. The van der Waals surface area contributed by atoms with E-state index in [0.717, 1.165) is 19.6 Å². The van der Waals surface area contributed by atoms with Crippen LogP contribution in [0.25, 0.3) is 5.95 Å². The molecule has 0 aliphatic rings. The van der Waals surface area contributed by atoms with E-state index in [2.05, 4.69) is 38.7 Å². The monoisotopic (exact) mass is 296 g/mol. The highest BCUT2D eigenvalue weighted by Gasteiger charge is 2.08. The average Bonchev–Trinajstić information content (AvgIpc) is 2.97. The highest BCUT2D eigenvalue weighted by Crippen LogP contribution is 2.11. The third kappa shape index (κ3) is 3.88. The first kappa shape index (κ1) is 14.7. The standard InChI is InChI=1S/C12H17ClN6O/c1-3-18(4-2)7-8-20-12-16-10(13)15-11(17-12)19-6-5-14-9-19/h5-6,9H,3-4,7-8H2,1-2H3. The summed E-state index contributed by atoms with van der Waals surface area (Å²) in [7, 11) is 0. The van der Waals surface area contributed by atoms with Gasteiger partial charge in [0.25, 0.3) is 0 Å². The molecular weight excluding hydrogens is 280 g/mol. The molecule has 2 heterocycles. The van der Waals surface area contributed by atoms with Crippen molar-refractivity contribution in [1.29, 1.82) is 0 Å². The van der Waals surface area contributed by atoms with Crippen molar-refractivity contribution in [3.63, 3.8) is 0 Å². The van der Waals surface area contributed by atoms with Crippen LogP contribution in [0.2, 0.25) is 5.28 Å². The maximum Gasteiger partial charge on any atom is 0.322 e. The molecule has 0 saturated carbocycles. The van der Waals surface area contributed by atoms with Crippen LogP contribution in [0, 0.1) is 0 Å². The van der Waals surface area contributed by atoms with E-state index in [0.29, 0.717) is 12.6 Å². The molecule has 0 saturated heterocycles. The van der Waals surface area contributed by atoms with Gasteiger partial charge in [0.15, 0.2) is 0 Å². The van der Waals surface area contributed by atoms with E-state index in [9.17, 15) is 0 Å². The van der Waals surface area contributed by atoms with Gasteiger partial charge in [0, 0.05) is 18.9 Å². The summed E-state index contributed by atoms with van der Waals surface area (Å²) in [4.78, 5) is 18.4. The van der Waals surface area contributed by atoms with Gasteiger partial charge in [0.2, 0.25) is 11.2 Å². The molecule has 0 atom stereocenters. The van der Waals surface area contributed by atoms with Crippen molar-refractivity contribution in [2.75, 3.05) is 26.2 Å². The molecule has 0 spiro atoms. The molecule has 7 nitrogen and oxygen atoms in total. The quantitative estimate of drug-likeness (QED) is 0.770. The number of hydrogen-bond acceptors (Lipinski definition) is 6. The van der Waals surface area contributed by atoms with Gasteiger partial charge >= 0.3 is 6.01 Å². The number of halogens is 1. The first-order chi connectivity index (χ1) is 9.72. The number of aromatic nitrogens is 5. The Bertz CT molecular complexity index is 529. The maximum atomic E-state index is 5.88. The van der Waals surface area contributed by atoms with Gasteiger partial charge in [0.1, 0.15) is 12.9 Å². The fraction of sp³-hybridized carbons (Fsp3) is 0.500.